The van der Waals surface area contributed by atoms with Crippen LogP contribution in [0.25, 0.3) is 0 Å². The maximum atomic E-state index is 12.9. The Morgan fingerprint density at radius 3 is 2.85 bits per heavy atom. The summed E-state index contributed by atoms with van der Waals surface area (Å²) in [6.07, 6.45) is 0.806. The molecule has 0 spiro atoms. The summed E-state index contributed by atoms with van der Waals surface area (Å²) in [6.45, 7) is 5.52. The smallest absolute Gasteiger partial charge is 0.349 e. The fourth-order valence-electron chi connectivity index (χ4n) is 3.56. The van der Waals surface area contributed by atoms with Gasteiger partial charge in [-0.25, -0.2) is 4.98 Å². The van der Waals surface area contributed by atoms with Crippen molar-refractivity contribution < 1.29 is 19.2 Å². The van der Waals surface area contributed by atoms with E-state index in [0.29, 0.717) is 22.9 Å². The van der Waals surface area contributed by atoms with Crippen molar-refractivity contribution >= 4 is 40.8 Å². The maximum Gasteiger partial charge on any atom is 0.349 e. The standard InChI is InChI=1S/C16H17ClN4O5S/c1-4-5-27-15-18-12(17)9(21(23)24)13(19-15)20-8-6-7(14(20)22)10-11(8)26-16(2,3)25-10/h8,11H,4-6H2,1-3H3. The number of ether oxygens (including phenoxy) is 2. The van der Waals surface area contributed by atoms with Crippen LogP contribution in [0.4, 0.5) is 11.5 Å². The van der Waals surface area contributed by atoms with Gasteiger partial charge in [-0.05, 0) is 6.42 Å². The first kappa shape index (κ1) is 18.5. The summed E-state index contributed by atoms with van der Waals surface area (Å²) in [4.78, 5) is 33.5. The van der Waals surface area contributed by atoms with Gasteiger partial charge in [0, 0.05) is 26.0 Å². The monoisotopic (exact) mass is 412 g/mol. The lowest BCUT2D eigenvalue weighted by atomic mass is 10.1. The molecule has 0 N–H and O–H groups in total. The van der Waals surface area contributed by atoms with Crippen molar-refractivity contribution in [3.63, 3.8) is 0 Å². The van der Waals surface area contributed by atoms with Gasteiger partial charge in [0.25, 0.3) is 5.91 Å². The number of nitro groups is 1. The molecule has 0 aromatic carbocycles. The Bertz CT molecular complexity index is 890. The lowest BCUT2D eigenvalue weighted by Crippen LogP contribution is -2.45. The molecule has 2 aliphatic heterocycles. The molecule has 0 radical (unpaired) electrons. The second kappa shape index (κ2) is 6.32. The number of fused-ring (bicyclic) bond motifs is 4. The van der Waals surface area contributed by atoms with Crippen LogP contribution in [0.1, 0.15) is 33.6 Å². The van der Waals surface area contributed by atoms with Crippen molar-refractivity contribution in [3.05, 3.63) is 26.6 Å². The molecule has 3 aliphatic rings. The molecule has 1 aliphatic carbocycles. The molecule has 1 amide bonds. The van der Waals surface area contributed by atoms with Crippen molar-refractivity contribution in [2.24, 2.45) is 0 Å². The largest absolute Gasteiger partial charge is 0.464 e. The Hall–Kier alpha value is -1.91. The van der Waals surface area contributed by atoms with Gasteiger partial charge < -0.3 is 9.47 Å². The zero-order valence-electron chi connectivity index (χ0n) is 14.9. The van der Waals surface area contributed by atoms with E-state index in [1.807, 2.05) is 6.92 Å². The molecule has 2 unspecified atom stereocenters. The van der Waals surface area contributed by atoms with Gasteiger partial charge >= 0.3 is 5.69 Å². The van der Waals surface area contributed by atoms with E-state index in [0.717, 1.165) is 12.2 Å². The molecule has 2 atom stereocenters. The first-order valence-corrected chi connectivity index (χ1v) is 9.88. The molecule has 2 bridgehead atoms. The topological polar surface area (TPSA) is 108 Å². The first-order chi connectivity index (χ1) is 12.7. The number of halogens is 1. The quantitative estimate of drug-likeness (QED) is 0.239. The van der Waals surface area contributed by atoms with Gasteiger partial charge in [-0.3, -0.25) is 19.8 Å². The predicted octanol–water partition coefficient (Wildman–Crippen LogP) is 3.06. The molecule has 0 saturated carbocycles. The summed E-state index contributed by atoms with van der Waals surface area (Å²) < 4.78 is 11.7. The van der Waals surface area contributed by atoms with Crippen LogP contribution in [0, 0.1) is 10.1 Å². The second-order valence-corrected chi connectivity index (χ2v) is 8.32. The van der Waals surface area contributed by atoms with Gasteiger partial charge in [-0.2, -0.15) is 4.98 Å². The van der Waals surface area contributed by atoms with Gasteiger partial charge in [-0.15, -0.1) is 0 Å². The van der Waals surface area contributed by atoms with Crippen LogP contribution in [-0.2, 0) is 14.3 Å². The van der Waals surface area contributed by atoms with Crippen molar-refractivity contribution in [1.82, 2.24) is 9.97 Å². The van der Waals surface area contributed by atoms with Crippen molar-refractivity contribution in [3.8, 4) is 0 Å². The molecule has 27 heavy (non-hydrogen) atoms. The number of amides is 1. The Morgan fingerprint density at radius 2 is 2.19 bits per heavy atom. The maximum absolute atomic E-state index is 12.9. The van der Waals surface area contributed by atoms with E-state index in [9.17, 15) is 14.9 Å². The summed E-state index contributed by atoms with van der Waals surface area (Å²) in [6, 6.07) is -0.446. The highest BCUT2D eigenvalue weighted by Gasteiger charge is 2.59. The number of anilines is 1. The number of hydrogen-bond acceptors (Lipinski definition) is 8. The lowest BCUT2D eigenvalue weighted by Gasteiger charge is -2.28. The zero-order valence-corrected chi connectivity index (χ0v) is 16.5. The Morgan fingerprint density at radius 1 is 1.44 bits per heavy atom. The van der Waals surface area contributed by atoms with E-state index in [1.54, 1.807) is 13.8 Å². The van der Waals surface area contributed by atoms with Gasteiger partial charge in [0.15, 0.2) is 5.16 Å². The SMILES string of the molecule is CCCSc1nc(Cl)c([N+](=O)[O-])c(N2C(=O)C3=C4OC(C)(C)OC4C2C3)n1. The van der Waals surface area contributed by atoms with Crippen LogP contribution >= 0.6 is 23.4 Å². The number of thioether (sulfide) groups is 1. The number of aromatic nitrogens is 2. The number of hydrogen-bond donors (Lipinski definition) is 0. The zero-order chi connectivity index (χ0) is 19.5. The number of nitrogens with zero attached hydrogens (tertiary/aromatic N) is 4. The van der Waals surface area contributed by atoms with Crippen LogP contribution < -0.4 is 4.90 Å². The summed E-state index contributed by atoms with van der Waals surface area (Å²) >= 11 is 7.41. The Kier molecular flexibility index (Phi) is 4.32. The van der Waals surface area contributed by atoms with Crippen LogP contribution in [0.3, 0.4) is 0 Å². The average molecular weight is 413 g/mol. The second-order valence-electron chi connectivity index (χ2n) is 6.90. The molecule has 11 heteroatoms. The van der Waals surface area contributed by atoms with Crippen LogP contribution in [0.5, 0.6) is 0 Å². The minimum atomic E-state index is -0.850. The molecule has 3 heterocycles. The van der Waals surface area contributed by atoms with Gasteiger partial charge in [0.05, 0.1) is 16.5 Å². The summed E-state index contributed by atoms with van der Waals surface area (Å²) in [5, 5.41) is 11.6. The third kappa shape index (κ3) is 2.86. The molecule has 4 rings (SSSR count). The summed E-state index contributed by atoms with van der Waals surface area (Å²) in [7, 11) is 0. The van der Waals surface area contributed by atoms with E-state index >= 15 is 0 Å². The first-order valence-electron chi connectivity index (χ1n) is 8.51. The van der Waals surface area contributed by atoms with Crippen LogP contribution in [0.2, 0.25) is 5.15 Å². The van der Waals surface area contributed by atoms with E-state index < -0.39 is 28.5 Å². The third-order valence-corrected chi connectivity index (χ3v) is 5.86. The van der Waals surface area contributed by atoms with E-state index in [4.69, 9.17) is 21.1 Å². The minimum Gasteiger partial charge on any atom is -0.464 e. The van der Waals surface area contributed by atoms with Crippen LogP contribution in [-0.4, -0.2) is 44.5 Å². The number of rotatable bonds is 5. The van der Waals surface area contributed by atoms with Gasteiger partial charge in [0.2, 0.25) is 16.8 Å². The molecular weight excluding hydrogens is 396 g/mol. The van der Waals surface area contributed by atoms with Crippen molar-refractivity contribution in [2.45, 2.75) is 56.7 Å². The molecule has 2 saturated heterocycles. The lowest BCUT2D eigenvalue weighted by molar-refractivity contribution is -0.384. The third-order valence-electron chi connectivity index (χ3n) is 4.54. The van der Waals surface area contributed by atoms with Gasteiger partial charge in [-0.1, -0.05) is 30.3 Å². The van der Waals surface area contributed by atoms with Crippen LogP contribution in [0.15, 0.2) is 16.5 Å². The highest BCUT2D eigenvalue weighted by molar-refractivity contribution is 7.99. The highest BCUT2D eigenvalue weighted by atomic mass is 35.5. The molecule has 9 nitrogen and oxygen atoms in total. The summed E-state index contributed by atoms with van der Waals surface area (Å²) in [5.41, 5.74) is 0.00103. The van der Waals surface area contributed by atoms with Crippen molar-refractivity contribution in [1.29, 1.82) is 0 Å². The van der Waals surface area contributed by atoms with Crippen molar-refractivity contribution in [2.75, 3.05) is 10.7 Å². The fraction of sp³-hybridized carbons (Fsp3) is 0.562. The normalized spacial score (nSPS) is 25.2. The Labute approximate surface area is 164 Å². The Balaban J connectivity index is 1.79. The van der Waals surface area contributed by atoms with Gasteiger partial charge in [0.1, 0.15) is 11.9 Å². The molecule has 1 aromatic rings. The van der Waals surface area contributed by atoms with E-state index in [1.165, 1.54) is 16.7 Å². The molecular formula is C16H17ClN4O5S. The molecule has 2 fully saturated rings. The average Bonchev–Trinajstić information content (AvgIpc) is 3.18. The fourth-order valence-corrected chi connectivity index (χ4v) is 4.54. The predicted molar refractivity (Wildman–Crippen MR) is 97.7 cm³/mol. The summed E-state index contributed by atoms with van der Waals surface area (Å²) in [5.74, 6) is -0.0477. The minimum absolute atomic E-state index is 0.0871. The number of carbonyl (C=O) groups excluding carboxylic acids is 1. The molecule has 1 aromatic heterocycles. The van der Waals surface area contributed by atoms with E-state index in [-0.39, 0.29) is 16.9 Å². The number of carbonyl (C=O) groups is 1. The molecule has 144 valence electrons. The van der Waals surface area contributed by atoms with E-state index in [2.05, 4.69) is 9.97 Å². The highest BCUT2D eigenvalue weighted by Crippen LogP contribution is 2.50.